The fraction of sp³-hybridized carbons (Fsp3) is 0.385. The van der Waals surface area contributed by atoms with Crippen LogP contribution in [-0.2, 0) is 0 Å². The van der Waals surface area contributed by atoms with E-state index in [4.69, 9.17) is 0 Å². The van der Waals surface area contributed by atoms with Crippen LogP contribution in [0.5, 0.6) is 0 Å². The van der Waals surface area contributed by atoms with Crippen LogP contribution in [0.1, 0.15) is 80.9 Å². The van der Waals surface area contributed by atoms with Crippen LogP contribution in [0.25, 0.3) is 33.4 Å². The number of benzene rings is 4. The molecule has 2 fully saturated rings. The highest BCUT2D eigenvalue weighted by Crippen LogP contribution is 2.57. The molecule has 4 aromatic carbocycles. The maximum absolute atomic E-state index is 2.54. The Hall–Kier alpha value is -2.69. The van der Waals surface area contributed by atoms with E-state index in [1.165, 1.54) is 114 Å². The average Bonchev–Trinajstić information content (AvgIpc) is 2.98. The minimum absolute atomic E-state index is 0.217. The van der Waals surface area contributed by atoms with E-state index in [1.54, 1.807) is 5.30 Å². The largest absolute Gasteiger partial charge is 0.0683 e. The van der Waals surface area contributed by atoms with Gasteiger partial charge in [-0.15, -0.1) is 0 Å². The molecule has 0 saturated heterocycles. The first-order chi connectivity index (χ1) is 19.6. The van der Waals surface area contributed by atoms with E-state index in [9.17, 15) is 0 Å². The van der Waals surface area contributed by atoms with Crippen LogP contribution >= 0.6 is 7.92 Å². The average molecular weight is 545 g/mol. The van der Waals surface area contributed by atoms with Crippen LogP contribution < -0.4 is 5.30 Å². The Labute approximate surface area is 244 Å². The smallest absolute Gasteiger partial charge is 0.00204 e. The van der Waals surface area contributed by atoms with E-state index in [-0.39, 0.29) is 7.92 Å². The normalized spacial score (nSPS) is 16.9. The molecule has 0 aliphatic heterocycles. The lowest BCUT2D eigenvalue weighted by molar-refractivity contribution is 0.487. The molecule has 4 aromatic rings. The maximum Gasteiger partial charge on any atom is -0.00204 e. The van der Waals surface area contributed by atoms with Crippen molar-refractivity contribution in [3.8, 4) is 33.4 Å². The molecule has 2 aliphatic carbocycles. The first-order valence-corrected chi connectivity index (χ1v) is 17.2. The predicted octanol–water partition coefficient (Wildman–Crippen LogP) is 11.4. The van der Waals surface area contributed by atoms with Crippen molar-refractivity contribution in [1.29, 1.82) is 0 Å². The van der Waals surface area contributed by atoms with Gasteiger partial charge in [-0.2, -0.15) is 0 Å². The second kappa shape index (κ2) is 12.4. The van der Waals surface area contributed by atoms with E-state index < -0.39 is 0 Å². The molecule has 206 valence electrons. The highest BCUT2D eigenvalue weighted by Gasteiger charge is 2.34. The molecule has 2 saturated carbocycles. The van der Waals surface area contributed by atoms with Gasteiger partial charge in [0, 0.05) is 0 Å². The topological polar surface area (TPSA) is 0 Å². The minimum Gasteiger partial charge on any atom is -0.0683 e. The lowest BCUT2D eigenvalue weighted by Gasteiger charge is -2.40. The lowest BCUT2D eigenvalue weighted by atomic mass is 9.86. The van der Waals surface area contributed by atoms with Gasteiger partial charge in [0.25, 0.3) is 0 Å². The molecular weight excluding hydrogens is 499 g/mol. The van der Waals surface area contributed by atoms with Gasteiger partial charge >= 0.3 is 0 Å². The summed E-state index contributed by atoms with van der Waals surface area (Å²) in [7, 11) is -0.217. The van der Waals surface area contributed by atoms with Gasteiger partial charge in [0.1, 0.15) is 0 Å². The fourth-order valence-corrected chi connectivity index (χ4v) is 11.5. The summed E-state index contributed by atoms with van der Waals surface area (Å²) in [6.07, 6.45) is 14.3. The molecule has 2 aliphatic rings. The van der Waals surface area contributed by atoms with Crippen LogP contribution in [0.15, 0.2) is 84.9 Å². The van der Waals surface area contributed by atoms with Gasteiger partial charge in [0.05, 0.1) is 0 Å². The second-order valence-electron chi connectivity index (χ2n) is 12.5. The molecular formula is C39H45P. The van der Waals surface area contributed by atoms with Crippen molar-refractivity contribution in [2.24, 2.45) is 0 Å². The van der Waals surface area contributed by atoms with Crippen LogP contribution in [-0.4, -0.2) is 11.3 Å². The molecule has 6 rings (SSSR count). The van der Waals surface area contributed by atoms with Crippen LogP contribution in [0.3, 0.4) is 0 Å². The van der Waals surface area contributed by atoms with Crippen molar-refractivity contribution in [2.45, 2.75) is 96.3 Å². The maximum atomic E-state index is 2.54. The molecule has 0 aromatic heterocycles. The van der Waals surface area contributed by atoms with Crippen LogP contribution in [0.4, 0.5) is 0 Å². The van der Waals surface area contributed by atoms with Gasteiger partial charge in [-0.3, -0.25) is 0 Å². The quantitative estimate of drug-likeness (QED) is 0.212. The predicted molar refractivity (Wildman–Crippen MR) is 177 cm³/mol. The molecule has 0 nitrogen and oxygen atoms in total. The Bertz CT molecular complexity index is 1400. The first kappa shape index (κ1) is 27.5. The van der Waals surface area contributed by atoms with Gasteiger partial charge in [-0.05, 0) is 96.5 Å². The van der Waals surface area contributed by atoms with Gasteiger partial charge in [0.2, 0.25) is 0 Å². The SMILES string of the molecule is Cc1ccc(-c2cccc(-c3cc(C)cc(C)c3)c2-c2ccccc2P(C2CCCCC2)C2CCCCC2)cc1. The van der Waals surface area contributed by atoms with Crippen LogP contribution in [0, 0.1) is 20.8 Å². The molecule has 0 heterocycles. The van der Waals surface area contributed by atoms with Crippen molar-refractivity contribution < 1.29 is 0 Å². The molecule has 0 N–H and O–H groups in total. The molecule has 0 spiro atoms. The monoisotopic (exact) mass is 544 g/mol. The van der Waals surface area contributed by atoms with E-state index >= 15 is 0 Å². The number of hydrogen-bond donors (Lipinski definition) is 0. The summed E-state index contributed by atoms with van der Waals surface area (Å²) in [5.74, 6) is 0. The van der Waals surface area contributed by atoms with Crippen molar-refractivity contribution >= 4 is 13.2 Å². The second-order valence-corrected chi connectivity index (χ2v) is 15.2. The summed E-state index contributed by atoms with van der Waals surface area (Å²) in [6.45, 7) is 6.66. The number of aryl methyl sites for hydroxylation is 3. The molecule has 40 heavy (non-hydrogen) atoms. The molecule has 0 atom stereocenters. The standard InChI is InChI=1S/C39H45P/c1-28-21-23-31(24-22-28)35-18-12-19-36(32-26-29(2)25-30(3)27-32)39(35)37-17-10-11-20-38(37)40(33-13-6-4-7-14-33)34-15-8-5-9-16-34/h10-12,17-27,33-34H,4-9,13-16H2,1-3H3. The summed E-state index contributed by atoms with van der Waals surface area (Å²) >= 11 is 0. The van der Waals surface area contributed by atoms with Gasteiger partial charge < -0.3 is 0 Å². The van der Waals surface area contributed by atoms with Crippen molar-refractivity contribution in [3.05, 3.63) is 102 Å². The van der Waals surface area contributed by atoms with Crippen LogP contribution in [0.2, 0.25) is 0 Å². The third kappa shape index (κ3) is 5.85. The summed E-state index contributed by atoms with van der Waals surface area (Å²) in [6, 6.07) is 32.9. The Morgan fingerprint density at radius 1 is 0.475 bits per heavy atom. The highest BCUT2D eigenvalue weighted by molar-refractivity contribution is 7.67. The molecule has 0 bridgehead atoms. The first-order valence-electron chi connectivity index (χ1n) is 15.7. The zero-order valence-corrected chi connectivity index (χ0v) is 25.7. The zero-order valence-electron chi connectivity index (χ0n) is 24.8. The van der Waals surface area contributed by atoms with E-state index in [1.807, 2.05) is 0 Å². The zero-order chi connectivity index (χ0) is 27.5. The van der Waals surface area contributed by atoms with Gasteiger partial charge in [-0.25, -0.2) is 0 Å². The minimum atomic E-state index is -0.217. The summed E-state index contributed by atoms with van der Waals surface area (Å²) in [5, 5.41) is 1.68. The van der Waals surface area contributed by atoms with E-state index in [0.29, 0.717) is 0 Å². The van der Waals surface area contributed by atoms with E-state index in [2.05, 4.69) is 106 Å². The lowest BCUT2D eigenvalue weighted by Crippen LogP contribution is -2.27. The van der Waals surface area contributed by atoms with Crippen molar-refractivity contribution in [2.75, 3.05) is 0 Å². The Kier molecular flexibility index (Phi) is 8.55. The Balaban J connectivity index is 1.59. The van der Waals surface area contributed by atoms with Gasteiger partial charge in [0.15, 0.2) is 0 Å². The molecule has 0 unspecified atom stereocenters. The fourth-order valence-electron chi connectivity index (χ4n) is 7.51. The third-order valence-corrected chi connectivity index (χ3v) is 12.9. The Morgan fingerprint density at radius 3 is 1.60 bits per heavy atom. The van der Waals surface area contributed by atoms with Crippen molar-refractivity contribution in [3.63, 3.8) is 0 Å². The molecule has 1 heteroatoms. The van der Waals surface area contributed by atoms with E-state index in [0.717, 1.165) is 11.3 Å². The summed E-state index contributed by atoms with van der Waals surface area (Å²) in [5.41, 5.74) is 14.1. The highest BCUT2D eigenvalue weighted by atomic mass is 31.1. The number of hydrogen-bond acceptors (Lipinski definition) is 0. The van der Waals surface area contributed by atoms with Gasteiger partial charge in [-0.1, -0.05) is 148 Å². The van der Waals surface area contributed by atoms with Crippen molar-refractivity contribution in [1.82, 2.24) is 0 Å². The molecule has 0 amide bonds. The number of rotatable bonds is 6. The summed E-state index contributed by atoms with van der Waals surface area (Å²) in [4.78, 5) is 0. The summed E-state index contributed by atoms with van der Waals surface area (Å²) < 4.78 is 0. The molecule has 0 radical (unpaired) electrons. The Morgan fingerprint density at radius 2 is 1.00 bits per heavy atom. The third-order valence-electron chi connectivity index (χ3n) is 9.35.